The molecule has 2 aromatic carbocycles. The molecule has 24 heavy (non-hydrogen) atoms. The number of ether oxygens (including phenoxy) is 2. The molecule has 0 spiro atoms. The van der Waals surface area contributed by atoms with Crippen molar-refractivity contribution in [2.75, 3.05) is 13.7 Å². The first-order valence-corrected chi connectivity index (χ1v) is 8.43. The van der Waals surface area contributed by atoms with Gasteiger partial charge in [-0.1, -0.05) is 29.8 Å². The van der Waals surface area contributed by atoms with Crippen molar-refractivity contribution in [2.24, 2.45) is 5.73 Å². The molecule has 0 aromatic heterocycles. The number of benzene rings is 2. The highest BCUT2D eigenvalue weighted by Crippen LogP contribution is 2.36. The molecule has 0 aliphatic heterocycles. The quantitative estimate of drug-likeness (QED) is 0.718. The molecule has 2 rings (SSSR count). The number of rotatable bonds is 8. The Morgan fingerprint density at radius 2 is 1.83 bits per heavy atom. The van der Waals surface area contributed by atoms with Gasteiger partial charge >= 0.3 is 0 Å². The Labute approximate surface area is 150 Å². The van der Waals surface area contributed by atoms with E-state index < -0.39 is 5.91 Å². The third kappa shape index (κ3) is 5.25. The Hall–Kier alpha value is -2.05. The van der Waals surface area contributed by atoms with Gasteiger partial charge < -0.3 is 20.5 Å². The molecule has 4 N–H and O–H groups in total. The minimum Gasteiger partial charge on any atom is -0.493 e. The lowest BCUT2D eigenvalue weighted by Crippen LogP contribution is -2.80. The lowest BCUT2D eigenvalue weighted by molar-refractivity contribution is -0.686. The van der Waals surface area contributed by atoms with Crippen molar-refractivity contribution < 1.29 is 19.6 Å². The Morgan fingerprint density at radius 3 is 2.46 bits per heavy atom. The molecule has 0 heterocycles. The summed E-state index contributed by atoms with van der Waals surface area (Å²) in [6, 6.07) is 12.4. The van der Waals surface area contributed by atoms with Gasteiger partial charge in [-0.15, -0.1) is 0 Å². The van der Waals surface area contributed by atoms with Crippen LogP contribution in [0.5, 0.6) is 11.5 Å². The molecule has 5 nitrogen and oxygen atoms in total. The van der Waals surface area contributed by atoms with Crippen LogP contribution in [0.1, 0.15) is 16.7 Å². The van der Waals surface area contributed by atoms with Crippen molar-refractivity contribution in [1.82, 2.24) is 0 Å². The molecule has 0 saturated carbocycles. The molecule has 2 aromatic rings. The van der Waals surface area contributed by atoms with E-state index in [2.05, 4.69) is 52.4 Å². The number of carbonyl (C=O) groups excluding carboxylic acids is 1. The largest absolute Gasteiger partial charge is 0.493 e. The van der Waals surface area contributed by atoms with E-state index in [9.17, 15) is 4.79 Å². The van der Waals surface area contributed by atoms with Gasteiger partial charge in [-0.2, -0.15) is 0 Å². The number of amides is 1. The molecule has 128 valence electrons. The summed E-state index contributed by atoms with van der Waals surface area (Å²) >= 11 is 3.46. The van der Waals surface area contributed by atoms with E-state index in [1.165, 1.54) is 11.1 Å². The molecule has 6 heteroatoms. The van der Waals surface area contributed by atoms with Crippen LogP contribution in [0, 0.1) is 6.92 Å². The minimum absolute atomic E-state index is 0.187. The van der Waals surface area contributed by atoms with Crippen LogP contribution in [-0.2, 0) is 17.9 Å². The third-order valence-corrected chi connectivity index (χ3v) is 4.12. The second-order valence-electron chi connectivity index (χ2n) is 5.55. The number of quaternary nitrogens is 1. The van der Waals surface area contributed by atoms with E-state index in [0.29, 0.717) is 11.5 Å². The zero-order valence-corrected chi connectivity index (χ0v) is 15.4. The van der Waals surface area contributed by atoms with Crippen molar-refractivity contribution in [3.05, 3.63) is 57.6 Å². The summed E-state index contributed by atoms with van der Waals surface area (Å²) in [7, 11) is 1.57. The maximum Gasteiger partial charge on any atom is 0.255 e. The van der Waals surface area contributed by atoms with Gasteiger partial charge in [-0.3, -0.25) is 4.79 Å². The number of carbonyl (C=O) groups is 1. The second-order valence-corrected chi connectivity index (χ2v) is 6.40. The molecule has 0 radical (unpaired) electrons. The molecule has 0 fully saturated rings. The first-order chi connectivity index (χ1) is 11.5. The standard InChI is InChI=1S/C18H21BrN2O3/c1-12-3-5-13(6-4-12)9-21-10-14-7-15(19)18(16(8-14)23-2)24-11-17(20)22/h3-8,21H,9-11H2,1-2H3,(H2,20,22)/p+1. The Balaban J connectivity index is 2.01. The lowest BCUT2D eigenvalue weighted by atomic mass is 10.1. The Morgan fingerprint density at radius 1 is 1.17 bits per heavy atom. The van der Waals surface area contributed by atoms with Crippen molar-refractivity contribution in [2.45, 2.75) is 20.0 Å². The van der Waals surface area contributed by atoms with Gasteiger partial charge in [0.2, 0.25) is 0 Å². The number of hydrogen-bond acceptors (Lipinski definition) is 3. The van der Waals surface area contributed by atoms with Gasteiger partial charge in [0.25, 0.3) is 5.91 Å². The van der Waals surface area contributed by atoms with Crippen LogP contribution in [0.2, 0.25) is 0 Å². The van der Waals surface area contributed by atoms with Crippen molar-refractivity contribution in [3.63, 3.8) is 0 Å². The molecule has 0 bridgehead atoms. The maximum absolute atomic E-state index is 10.9. The van der Waals surface area contributed by atoms with Crippen LogP contribution in [0.15, 0.2) is 40.9 Å². The van der Waals surface area contributed by atoms with Crippen molar-refractivity contribution in [3.8, 4) is 11.5 Å². The molecule has 0 unspecified atom stereocenters. The van der Waals surface area contributed by atoms with Gasteiger partial charge in [-0.25, -0.2) is 0 Å². The average Bonchev–Trinajstić information content (AvgIpc) is 2.55. The normalized spacial score (nSPS) is 10.5. The lowest BCUT2D eigenvalue weighted by Gasteiger charge is -2.13. The Bertz CT molecular complexity index is 702. The van der Waals surface area contributed by atoms with Crippen LogP contribution in [0.3, 0.4) is 0 Å². The zero-order valence-electron chi connectivity index (χ0n) is 13.8. The van der Waals surface area contributed by atoms with Gasteiger partial charge in [0.1, 0.15) is 13.1 Å². The minimum atomic E-state index is -0.528. The zero-order chi connectivity index (χ0) is 17.5. The van der Waals surface area contributed by atoms with Gasteiger partial charge in [-0.05, 0) is 35.0 Å². The first-order valence-electron chi connectivity index (χ1n) is 7.64. The number of hydrogen-bond donors (Lipinski definition) is 2. The summed E-state index contributed by atoms with van der Waals surface area (Å²) in [4.78, 5) is 10.9. The fraction of sp³-hybridized carbons (Fsp3) is 0.278. The number of aryl methyl sites for hydroxylation is 1. The fourth-order valence-electron chi connectivity index (χ4n) is 2.30. The summed E-state index contributed by atoms with van der Waals surface area (Å²) in [5, 5.41) is 2.22. The maximum atomic E-state index is 10.9. The third-order valence-electron chi connectivity index (χ3n) is 3.53. The van der Waals surface area contributed by atoms with E-state index in [1.54, 1.807) is 7.11 Å². The van der Waals surface area contributed by atoms with E-state index in [-0.39, 0.29) is 6.61 Å². The van der Waals surface area contributed by atoms with Crippen molar-refractivity contribution >= 4 is 21.8 Å². The summed E-state index contributed by atoms with van der Waals surface area (Å²) in [5.41, 5.74) is 8.76. The molecular weight excluding hydrogens is 372 g/mol. The predicted octanol–water partition coefficient (Wildman–Crippen LogP) is 1.89. The van der Waals surface area contributed by atoms with Crippen LogP contribution in [-0.4, -0.2) is 19.6 Å². The van der Waals surface area contributed by atoms with Gasteiger partial charge in [0, 0.05) is 11.1 Å². The second kappa shape index (κ2) is 8.70. The fourth-order valence-corrected chi connectivity index (χ4v) is 2.91. The highest BCUT2D eigenvalue weighted by Gasteiger charge is 2.13. The SMILES string of the molecule is COc1cc(C[NH2+]Cc2ccc(C)cc2)cc(Br)c1OCC(N)=O. The van der Waals surface area contributed by atoms with Crippen LogP contribution in [0.4, 0.5) is 0 Å². The highest BCUT2D eigenvalue weighted by molar-refractivity contribution is 9.10. The van der Waals surface area contributed by atoms with Crippen LogP contribution >= 0.6 is 15.9 Å². The summed E-state index contributed by atoms with van der Waals surface area (Å²) in [6.07, 6.45) is 0. The number of halogens is 1. The van der Waals surface area contributed by atoms with Crippen LogP contribution < -0.4 is 20.5 Å². The first kappa shape index (κ1) is 18.3. The summed E-state index contributed by atoms with van der Waals surface area (Å²) in [6.45, 7) is 3.60. The number of methoxy groups -OCH3 is 1. The molecule has 0 atom stereocenters. The molecule has 0 aliphatic carbocycles. The topological polar surface area (TPSA) is 78.2 Å². The molecule has 0 aliphatic rings. The predicted molar refractivity (Wildman–Crippen MR) is 95.9 cm³/mol. The summed E-state index contributed by atoms with van der Waals surface area (Å²) < 4.78 is 11.5. The van der Waals surface area contributed by atoms with Gasteiger partial charge in [0.15, 0.2) is 18.1 Å². The van der Waals surface area contributed by atoms with Gasteiger partial charge in [0.05, 0.1) is 11.6 Å². The number of primary amides is 1. The molecule has 1 amide bonds. The number of nitrogens with two attached hydrogens (primary N) is 2. The van der Waals surface area contributed by atoms with E-state index in [0.717, 1.165) is 23.1 Å². The summed E-state index contributed by atoms with van der Waals surface area (Å²) in [5.74, 6) is 0.530. The van der Waals surface area contributed by atoms with E-state index >= 15 is 0 Å². The van der Waals surface area contributed by atoms with E-state index in [1.807, 2.05) is 12.1 Å². The Kier molecular flexibility index (Phi) is 6.63. The van der Waals surface area contributed by atoms with Crippen molar-refractivity contribution in [1.29, 1.82) is 0 Å². The monoisotopic (exact) mass is 393 g/mol. The van der Waals surface area contributed by atoms with Crippen LogP contribution in [0.25, 0.3) is 0 Å². The highest BCUT2D eigenvalue weighted by atomic mass is 79.9. The smallest absolute Gasteiger partial charge is 0.255 e. The molecule has 0 saturated heterocycles. The average molecular weight is 394 g/mol. The van der Waals surface area contributed by atoms with E-state index in [4.69, 9.17) is 15.2 Å². The molecular formula is C18H22BrN2O3+.